The van der Waals surface area contributed by atoms with Crippen molar-refractivity contribution in [2.24, 2.45) is 0 Å². The Kier molecular flexibility index (Phi) is 5.20. The van der Waals surface area contributed by atoms with Crippen molar-refractivity contribution in [1.82, 2.24) is 4.98 Å². The summed E-state index contributed by atoms with van der Waals surface area (Å²) in [6, 6.07) is 14.8. The molecule has 0 aliphatic rings. The minimum Gasteiger partial charge on any atom is -0.360 e. The highest BCUT2D eigenvalue weighted by Gasteiger charge is 2.11. The van der Waals surface area contributed by atoms with Crippen LogP contribution >= 0.6 is 11.3 Å². The fourth-order valence-electron chi connectivity index (χ4n) is 2.81. The van der Waals surface area contributed by atoms with Crippen LogP contribution in [-0.2, 0) is 0 Å². The van der Waals surface area contributed by atoms with E-state index in [1.807, 2.05) is 12.3 Å². The molecule has 3 rings (SSSR count). The summed E-state index contributed by atoms with van der Waals surface area (Å²) >= 11 is 1.49. The maximum Gasteiger partial charge on any atom is 0.136 e. The van der Waals surface area contributed by atoms with Gasteiger partial charge < -0.3 is 5.32 Å². The Balaban J connectivity index is 1.88. The van der Waals surface area contributed by atoms with Crippen LogP contribution in [0.25, 0.3) is 16.8 Å². The van der Waals surface area contributed by atoms with Crippen molar-refractivity contribution in [1.29, 1.82) is 5.26 Å². The molecule has 3 nitrogen and oxygen atoms in total. The third-order valence-corrected chi connectivity index (χ3v) is 5.15. The van der Waals surface area contributed by atoms with Crippen LogP contribution in [0, 0.1) is 39.0 Å². The van der Waals surface area contributed by atoms with E-state index in [1.165, 1.54) is 28.0 Å². The van der Waals surface area contributed by atoms with E-state index in [-0.39, 0.29) is 0 Å². The summed E-state index contributed by atoms with van der Waals surface area (Å²) in [6.07, 6.45) is 1.74. The lowest BCUT2D eigenvalue weighted by Gasteiger charge is -2.07. The monoisotopic (exact) mass is 359 g/mol. The first-order valence-electron chi connectivity index (χ1n) is 8.45. The zero-order chi connectivity index (χ0) is 18.7. The van der Waals surface area contributed by atoms with E-state index >= 15 is 0 Å². The van der Waals surface area contributed by atoms with Gasteiger partial charge in [0.15, 0.2) is 0 Å². The smallest absolute Gasteiger partial charge is 0.136 e. The van der Waals surface area contributed by atoms with Crippen LogP contribution in [0.2, 0.25) is 0 Å². The summed E-state index contributed by atoms with van der Waals surface area (Å²) in [6.45, 7) is 8.27. The van der Waals surface area contributed by atoms with Crippen molar-refractivity contribution >= 4 is 22.6 Å². The van der Waals surface area contributed by atoms with Crippen molar-refractivity contribution in [3.05, 3.63) is 75.2 Å². The Morgan fingerprint density at radius 2 is 1.77 bits per heavy atom. The molecule has 0 unspecified atom stereocenters. The van der Waals surface area contributed by atoms with Crippen LogP contribution in [0.15, 0.2) is 48.0 Å². The molecule has 4 heteroatoms. The number of aromatic nitrogens is 1. The quantitative estimate of drug-likeness (QED) is 0.579. The van der Waals surface area contributed by atoms with E-state index in [1.54, 1.807) is 6.20 Å². The summed E-state index contributed by atoms with van der Waals surface area (Å²) in [4.78, 5) is 4.68. The van der Waals surface area contributed by atoms with Crippen molar-refractivity contribution in [3.63, 3.8) is 0 Å². The van der Waals surface area contributed by atoms with Crippen molar-refractivity contribution in [3.8, 4) is 17.3 Å². The van der Waals surface area contributed by atoms with Crippen LogP contribution in [0.4, 0.5) is 5.69 Å². The van der Waals surface area contributed by atoms with Gasteiger partial charge in [0.25, 0.3) is 0 Å². The molecule has 0 fully saturated rings. The van der Waals surface area contributed by atoms with Gasteiger partial charge in [0.2, 0.25) is 0 Å². The number of nitrogens with zero attached hydrogens (tertiary/aromatic N) is 2. The lowest BCUT2D eigenvalue weighted by molar-refractivity contribution is 1.32. The Morgan fingerprint density at radius 3 is 2.50 bits per heavy atom. The lowest BCUT2D eigenvalue weighted by Crippen LogP contribution is -1.94. The van der Waals surface area contributed by atoms with E-state index in [9.17, 15) is 5.26 Å². The average molecular weight is 359 g/mol. The van der Waals surface area contributed by atoms with Gasteiger partial charge in [-0.15, -0.1) is 11.3 Å². The highest BCUT2D eigenvalue weighted by molar-refractivity contribution is 7.11. The van der Waals surface area contributed by atoms with Gasteiger partial charge in [-0.2, -0.15) is 5.26 Å². The molecular weight excluding hydrogens is 338 g/mol. The third kappa shape index (κ3) is 3.84. The van der Waals surface area contributed by atoms with Crippen molar-refractivity contribution < 1.29 is 0 Å². The van der Waals surface area contributed by atoms with E-state index in [2.05, 4.69) is 73.5 Å². The molecule has 130 valence electrons. The molecule has 1 N–H and O–H groups in total. The molecule has 3 aromatic rings. The maximum atomic E-state index is 9.56. The number of benzene rings is 2. The van der Waals surface area contributed by atoms with Crippen molar-refractivity contribution in [2.45, 2.75) is 27.7 Å². The average Bonchev–Trinajstić information content (AvgIpc) is 3.08. The molecule has 0 aliphatic carbocycles. The summed E-state index contributed by atoms with van der Waals surface area (Å²) in [5.41, 5.74) is 8.30. The van der Waals surface area contributed by atoms with E-state index < -0.39 is 0 Å². The first-order valence-corrected chi connectivity index (χ1v) is 9.33. The Hall–Kier alpha value is -2.90. The van der Waals surface area contributed by atoms with Crippen LogP contribution in [-0.4, -0.2) is 4.98 Å². The van der Waals surface area contributed by atoms with Gasteiger partial charge in [-0.1, -0.05) is 35.9 Å². The fraction of sp³-hybridized carbons (Fsp3) is 0.182. The predicted molar refractivity (Wildman–Crippen MR) is 110 cm³/mol. The zero-order valence-corrected chi connectivity index (χ0v) is 16.2. The minimum absolute atomic E-state index is 0.534. The van der Waals surface area contributed by atoms with Crippen LogP contribution in [0.5, 0.6) is 0 Å². The van der Waals surface area contributed by atoms with E-state index in [0.29, 0.717) is 5.57 Å². The topological polar surface area (TPSA) is 48.7 Å². The molecule has 0 radical (unpaired) electrons. The second-order valence-corrected chi connectivity index (χ2v) is 7.35. The molecule has 2 aromatic carbocycles. The number of aryl methyl sites for hydroxylation is 4. The van der Waals surface area contributed by atoms with Gasteiger partial charge in [-0.3, -0.25) is 0 Å². The normalized spacial score (nSPS) is 11.3. The van der Waals surface area contributed by atoms with E-state index in [0.717, 1.165) is 27.5 Å². The second-order valence-electron chi connectivity index (χ2n) is 6.49. The molecular formula is C22H21N3S. The Bertz CT molecular complexity index is 1020. The van der Waals surface area contributed by atoms with Crippen LogP contribution < -0.4 is 5.32 Å². The number of hydrogen-bond acceptors (Lipinski definition) is 4. The molecule has 0 saturated heterocycles. The zero-order valence-electron chi connectivity index (χ0n) is 15.4. The summed E-state index contributed by atoms with van der Waals surface area (Å²) < 4.78 is 0. The number of anilines is 1. The summed E-state index contributed by atoms with van der Waals surface area (Å²) in [7, 11) is 0. The molecule has 0 atom stereocenters. The molecule has 26 heavy (non-hydrogen) atoms. The SMILES string of the molecule is Cc1ccc(-c2csc(C(C#N)=CNc3cc(C)ccc3C)n2)c(C)c1. The van der Waals surface area contributed by atoms with Crippen LogP contribution in [0.3, 0.4) is 0 Å². The highest BCUT2D eigenvalue weighted by atomic mass is 32.1. The maximum absolute atomic E-state index is 9.56. The third-order valence-electron chi connectivity index (χ3n) is 4.28. The molecule has 0 spiro atoms. The molecule has 0 bridgehead atoms. The number of nitriles is 1. The van der Waals surface area contributed by atoms with Crippen molar-refractivity contribution in [2.75, 3.05) is 5.32 Å². The summed E-state index contributed by atoms with van der Waals surface area (Å²) in [5.74, 6) is 0. The predicted octanol–water partition coefficient (Wildman–Crippen LogP) is 6.02. The van der Waals surface area contributed by atoms with Gasteiger partial charge in [0.1, 0.15) is 16.6 Å². The lowest BCUT2D eigenvalue weighted by atomic mass is 10.0. The molecule has 1 heterocycles. The molecule has 1 aromatic heterocycles. The first-order chi connectivity index (χ1) is 12.5. The first kappa shape index (κ1) is 17.9. The van der Waals surface area contributed by atoms with E-state index in [4.69, 9.17) is 0 Å². The van der Waals surface area contributed by atoms with Gasteiger partial charge in [0.05, 0.1) is 5.69 Å². The number of rotatable bonds is 4. The standard InChI is InChI=1S/C22H21N3S/c1-14-6-8-19(17(4)9-14)21-13-26-22(25-21)18(11-23)12-24-20-10-15(2)5-7-16(20)3/h5-10,12-13,24H,1-4H3. The minimum atomic E-state index is 0.534. The number of hydrogen-bond donors (Lipinski definition) is 1. The van der Waals surface area contributed by atoms with Gasteiger partial charge in [0, 0.05) is 22.8 Å². The Morgan fingerprint density at radius 1 is 1.04 bits per heavy atom. The molecule has 0 saturated carbocycles. The highest BCUT2D eigenvalue weighted by Crippen LogP contribution is 2.29. The van der Waals surface area contributed by atoms with Gasteiger partial charge >= 0.3 is 0 Å². The van der Waals surface area contributed by atoms with Crippen LogP contribution in [0.1, 0.15) is 27.3 Å². The summed E-state index contributed by atoms with van der Waals surface area (Å²) in [5, 5.41) is 15.5. The van der Waals surface area contributed by atoms with Gasteiger partial charge in [-0.25, -0.2) is 4.98 Å². The second kappa shape index (κ2) is 7.55. The fourth-order valence-corrected chi connectivity index (χ4v) is 3.59. The Labute approximate surface area is 158 Å². The largest absolute Gasteiger partial charge is 0.360 e. The number of thiazole rings is 1. The number of nitrogens with one attached hydrogen (secondary N) is 1. The van der Waals surface area contributed by atoms with Gasteiger partial charge in [-0.05, 0) is 50.5 Å². The molecule has 0 aliphatic heterocycles. The molecule has 0 amide bonds. The number of allylic oxidation sites excluding steroid dienone is 1.